The summed E-state index contributed by atoms with van der Waals surface area (Å²) in [5.41, 5.74) is 4.24. The number of thioether (sulfide) groups is 1. The van der Waals surface area contributed by atoms with E-state index in [0.717, 1.165) is 59.4 Å². The number of aliphatic hydroxyl groups excluding tert-OH is 1. The highest BCUT2D eigenvalue weighted by atomic mass is 32.2. The van der Waals surface area contributed by atoms with Crippen LogP contribution in [0.15, 0.2) is 84.0 Å². The third kappa shape index (κ3) is 6.67. The van der Waals surface area contributed by atoms with Gasteiger partial charge in [0.05, 0.1) is 24.5 Å². The quantitative estimate of drug-likeness (QED) is 0.173. The molecule has 9 rings (SSSR count). The van der Waals surface area contributed by atoms with Crippen molar-refractivity contribution in [2.45, 2.75) is 80.7 Å². The third-order valence-electron chi connectivity index (χ3n) is 10.3. The number of aromatic nitrogens is 4. The summed E-state index contributed by atoms with van der Waals surface area (Å²) in [6.45, 7) is -0.0107. The molecule has 3 aromatic carbocycles. The van der Waals surface area contributed by atoms with Crippen molar-refractivity contribution in [1.29, 1.82) is 0 Å². The highest BCUT2D eigenvalue weighted by Crippen LogP contribution is 2.55. The summed E-state index contributed by atoms with van der Waals surface area (Å²) in [5, 5.41) is 29.1. The Bertz CT molecular complexity index is 1660. The van der Waals surface area contributed by atoms with Crippen LogP contribution in [0, 0.1) is 17.8 Å². The molecule has 1 saturated heterocycles. The summed E-state index contributed by atoms with van der Waals surface area (Å²) in [6.07, 6.45) is 6.92. The lowest BCUT2D eigenvalue weighted by Gasteiger charge is -2.56. The molecule has 244 valence electrons. The molecule has 4 bridgehead atoms. The summed E-state index contributed by atoms with van der Waals surface area (Å²) in [7, 11) is 0. The van der Waals surface area contributed by atoms with Crippen molar-refractivity contribution in [3.8, 4) is 5.69 Å². The minimum Gasteiger partial charge on any atom is -0.392 e. The number of carbonyl (C=O) groups excluding carboxylic acids is 1. The smallest absolute Gasteiger partial charge is 0.319 e. The van der Waals surface area contributed by atoms with E-state index < -0.39 is 6.29 Å². The number of hydrogen-bond donors (Lipinski definition) is 3. The number of hydrogen-bond acceptors (Lipinski definition) is 8. The van der Waals surface area contributed by atoms with Crippen molar-refractivity contribution in [1.82, 2.24) is 25.5 Å². The first kappa shape index (κ1) is 30.6. The summed E-state index contributed by atoms with van der Waals surface area (Å²) in [4.78, 5) is 13.3. The number of amides is 2. The second-order valence-electron chi connectivity index (χ2n) is 13.8. The predicted octanol–water partition coefficient (Wildman–Crippen LogP) is 6.58. The Labute approximate surface area is 278 Å². The van der Waals surface area contributed by atoms with E-state index in [-0.39, 0.29) is 30.4 Å². The van der Waals surface area contributed by atoms with Crippen molar-refractivity contribution in [2.75, 3.05) is 11.1 Å². The highest BCUT2D eigenvalue weighted by Gasteiger charge is 2.51. The van der Waals surface area contributed by atoms with Gasteiger partial charge < -0.3 is 25.2 Å². The Hall–Kier alpha value is -3.77. The molecular weight excluding hydrogens is 613 g/mol. The maximum absolute atomic E-state index is 13.3. The number of nitrogens with one attached hydrogen (secondary N) is 2. The number of nitrogens with zero attached hydrogens (tertiary/aromatic N) is 4. The molecule has 3 atom stereocenters. The van der Waals surface area contributed by atoms with Crippen LogP contribution in [-0.4, -0.2) is 48.7 Å². The Morgan fingerprint density at radius 1 is 0.894 bits per heavy atom. The molecule has 2 amide bonds. The van der Waals surface area contributed by atoms with Crippen molar-refractivity contribution < 1.29 is 19.4 Å². The second-order valence-corrected chi connectivity index (χ2v) is 14.8. The fraction of sp³-hybridized carbons (Fsp3) is 0.444. The van der Waals surface area contributed by atoms with E-state index in [2.05, 4.69) is 26.2 Å². The molecule has 1 aliphatic heterocycles. The van der Waals surface area contributed by atoms with Gasteiger partial charge in [0, 0.05) is 29.0 Å². The minimum absolute atomic E-state index is 0.0107. The molecule has 0 radical (unpaired) electrons. The van der Waals surface area contributed by atoms with Gasteiger partial charge in [0.25, 0.3) is 0 Å². The fourth-order valence-electron chi connectivity index (χ4n) is 8.62. The van der Waals surface area contributed by atoms with Gasteiger partial charge in [-0.1, -0.05) is 66.4 Å². The molecule has 4 aliphatic carbocycles. The van der Waals surface area contributed by atoms with Crippen molar-refractivity contribution in [2.24, 2.45) is 17.8 Å². The van der Waals surface area contributed by atoms with Crippen molar-refractivity contribution in [3.63, 3.8) is 0 Å². The van der Waals surface area contributed by atoms with Gasteiger partial charge in [-0.25, -0.2) is 4.79 Å². The number of urea groups is 1. The predicted molar refractivity (Wildman–Crippen MR) is 178 cm³/mol. The summed E-state index contributed by atoms with van der Waals surface area (Å²) >= 11 is 1.54. The van der Waals surface area contributed by atoms with Gasteiger partial charge >= 0.3 is 6.03 Å². The average molecular weight is 653 g/mol. The first-order chi connectivity index (χ1) is 23.0. The molecule has 1 aromatic heterocycles. The third-order valence-corrected chi connectivity index (χ3v) is 11.3. The molecule has 10 nitrogen and oxygen atoms in total. The van der Waals surface area contributed by atoms with Gasteiger partial charge in [-0.15, -0.1) is 5.10 Å². The van der Waals surface area contributed by atoms with E-state index in [1.165, 1.54) is 19.3 Å². The molecule has 0 spiro atoms. The minimum atomic E-state index is -0.644. The average Bonchev–Trinajstić information content (AvgIpc) is 3.56. The molecular formula is C36H40N6O4S. The molecule has 2 heterocycles. The van der Waals surface area contributed by atoms with Crippen LogP contribution in [0.3, 0.4) is 0 Å². The van der Waals surface area contributed by atoms with Gasteiger partial charge in [-0.3, -0.25) is 0 Å². The molecule has 4 saturated carbocycles. The number of carbonyl (C=O) groups is 1. The number of aliphatic hydroxyl groups is 1. The Balaban J connectivity index is 0.981. The molecule has 5 fully saturated rings. The molecule has 47 heavy (non-hydrogen) atoms. The Kier molecular flexibility index (Phi) is 8.47. The first-order valence-corrected chi connectivity index (χ1v) is 17.7. The molecule has 0 unspecified atom stereocenters. The van der Waals surface area contributed by atoms with E-state index in [4.69, 9.17) is 9.47 Å². The van der Waals surface area contributed by atoms with E-state index in [0.29, 0.717) is 23.0 Å². The zero-order chi connectivity index (χ0) is 31.8. The van der Waals surface area contributed by atoms with Gasteiger partial charge in [0.2, 0.25) is 5.16 Å². The maximum atomic E-state index is 13.3. The number of anilines is 1. The van der Waals surface area contributed by atoms with Crippen LogP contribution in [0.2, 0.25) is 0 Å². The number of rotatable bonds is 9. The number of tetrazole rings is 1. The summed E-state index contributed by atoms with van der Waals surface area (Å²) in [6, 6.07) is 25.3. The number of ether oxygens (including phenoxy) is 2. The zero-order valence-corrected chi connectivity index (χ0v) is 27.0. The normalized spacial score (nSPS) is 29.5. The fourth-order valence-corrected chi connectivity index (χ4v) is 9.53. The zero-order valence-electron chi connectivity index (χ0n) is 26.2. The Morgan fingerprint density at radius 2 is 1.64 bits per heavy atom. The van der Waals surface area contributed by atoms with Crippen molar-refractivity contribution in [3.05, 3.63) is 95.6 Å². The van der Waals surface area contributed by atoms with Crippen LogP contribution in [0.1, 0.15) is 74.0 Å². The lowest BCUT2D eigenvalue weighted by Crippen LogP contribution is -2.60. The standard InChI is InChI=1S/C36H40N6O4S/c43-21-23-9-11-27(12-10-23)32-17-31(22-47-35-39-40-41-42(35)30-7-2-1-3-8-30)45-33(46-32)28-5-4-6-29(16-28)37-34(44)38-36-18-24-13-25(19-36)15-26(14-24)20-36/h1-12,16,24-26,31-33,43H,13-15,17-22H2,(H2,37,38,44)/t24?,25?,26?,31-,32+,33+,36?/m0/s1. The van der Waals surface area contributed by atoms with Crippen LogP contribution < -0.4 is 10.6 Å². The topological polar surface area (TPSA) is 123 Å². The second kappa shape index (κ2) is 13.0. The largest absolute Gasteiger partial charge is 0.392 e. The maximum Gasteiger partial charge on any atom is 0.319 e. The van der Waals surface area contributed by atoms with Crippen LogP contribution in [0.25, 0.3) is 5.69 Å². The highest BCUT2D eigenvalue weighted by molar-refractivity contribution is 7.99. The molecule has 4 aromatic rings. The van der Waals surface area contributed by atoms with E-state index in [9.17, 15) is 9.90 Å². The van der Waals surface area contributed by atoms with Gasteiger partial charge in [-0.05, 0) is 102 Å². The molecule has 5 aliphatic rings. The van der Waals surface area contributed by atoms with Crippen LogP contribution in [0.4, 0.5) is 10.5 Å². The van der Waals surface area contributed by atoms with Gasteiger partial charge in [-0.2, -0.15) is 4.68 Å². The number of benzene rings is 3. The van der Waals surface area contributed by atoms with Crippen LogP contribution in [-0.2, 0) is 16.1 Å². The van der Waals surface area contributed by atoms with E-state index in [1.807, 2.05) is 78.9 Å². The molecule has 3 N–H and O–H groups in total. The van der Waals surface area contributed by atoms with Gasteiger partial charge in [0.15, 0.2) is 6.29 Å². The lowest BCUT2D eigenvalue weighted by atomic mass is 9.53. The van der Waals surface area contributed by atoms with E-state index >= 15 is 0 Å². The van der Waals surface area contributed by atoms with Crippen LogP contribution in [0.5, 0.6) is 0 Å². The first-order valence-electron chi connectivity index (χ1n) is 16.7. The Morgan fingerprint density at radius 3 is 2.36 bits per heavy atom. The SMILES string of the molecule is O=C(Nc1cccc([C@@H]2O[C@H](CSc3nnnn3-c3ccccc3)C[C@H](c3ccc(CO)cc3)O2)c1)NC12CC3CC(CC(C3)C1)C2. The lowest BCUT2D eigenvalue weighted by molar-refractivity contribution is -0.245. The van der Waals surface area contributed by atoms with Crippen LogP contribution >= 0.6 is 11.8 Å². The summed E-state index contributed by atoms with van der Waals surface area (Å²) < 4.78 is 14.9. The molecule has 11 heteroatoms. The number of para-hydroxylation sites is 1. The van der Waals surface area contributed by atoms with Crippen molar-refractivity contribution >= 4 is 23.5 Å². The van der Waals surface area contributed by atoms with Gasteiger partial charge in [0.1, 0.15) is 0 Å². The van der Waals surface area contributed by atoms with E-state index in [1.54, 1.807) is 16.4 Å². The summed E-state index contributed by atoms with van der Waals surface area (Å²) in [5.74, 6) is 2.89. The monoisotopic (exact) mass is 652 g/mol.